The van der Waals surface area contributed by atoms with Crippen molar-refractivity contribution in [3.05, 3.63) is 11.6 Å². The maximum Gasteiger partial charge on any atom is 0.222 e. The van der Waals surface area contributed by atoms with Crippen molar-refractivity contribution in [2.45, 2.75) is 65.2 Å². The molecule has 0 aromatic carbocycles. The number of carbonyl (C=O) groups is 2. The molecule has 0 aromatic rings. The number of rotatable bonds is 4. The summed E-state index contributed by atoms with van der Waals surface area (Å²) < 4.78 is 0. The minimum absolute atomic E-state index is 0.234. The van der Waals surface area contributed by atoms with Gasteiger partial charge in [-0.2, -0.15) is 0 Å². The summed E-state index contributed by atoms with van der Waals surface area (Å²) in [5, 5.41) is 0. The van der Waals surface area contributed by atoms with Gasteiger partial charge in [-0.1, -0.05) is 25.5 Å². The van der Waals surface area contributed by atoms with Crippen molar-refractivity contribution in [2.75, 3.05) is 26.2 Å². The van der Waals surface area contributed by atoms with Crippen LogP contribution in [-0.4, -0.2) is 47.8 Å². The molecule has 1 aliphatic carbocycles. The second kappa shape index (κ2) is 8.37. The topological polar surface area (TPSA) is 40.6 Å². The van der Waals surface area contributed by atoms with Gasteiger partial charge in [0.25, 0.3) is 0 Å². The van der Waals surface area contributed by atoms with Crippen LogP contribution in [0.25, 0.3) is 0 Å². The Labute approximate surface area is 152 Å². The number of allylic oxidation sites excluding steroid dienone is 1. The van der Waals surface area contributed by atoms with E-state index < -0.39 is 0 Å². The first-order valence-corrected chi connectivity index (χ1v) is 10.3. The van der Waals surface area contributed by atoms with Crippen LogP contribution in [0.1, 0.15) is 65.2 Å². The van der Waals surface area contributed by atoms with Crippen LogP contribution in [0.15, 0.2) is 11.6 Å². The van der Waals surface area contributed by atoms with E-state index >= 15 is 0 Å². The van der Waals surface area contributed by atoms with Crippen molar-refractivity contribution in [1.29, 1.82) is 0 Å². The summed E-state index contributed by atoms with van der Waals surface area (Å²) in [6.07, 6.45) is 10.2. The molecule has 3 unspecified atom stereocenters. The third kappa shape index (κ3) is 4.86. The Balaban J connectivity index is 1.40. The molecule has 2 aliphatic heterocycles. The lowest BCUT2D eigenvalue weighted by atomic mass is 9.82. The van der Waals surface area contributed by atoms with Gasteiger partial charge in [0.15, 0.2) is 0 Å². The summed E-state index contributed by atoms with van der Waals surface area (Å²) in [6, 6.07) is 0. The van der Waals surface area contributed by atoms with E-state index in [9.17, 15) is 9.59 Å². The van der Waals surface area contributed by atoms with Gasteiger partial charge in [0.2, 0.25) is 11.8 Å². The first kappa shape index (κ1) is 18.5. The Morgan fingerprint density at radius 3 is 2.44 bits per heavy atom. The maximum absolute atomic E-state index is 12.5. The molecule has 2 fully saturated rings. The van der Waals surface area contributed by atoms with E-state index in [-0.39, 0.29) is 11.8 Å². The molecule has 2 saturated heterocycles. The van der Waals surface area contributed by atoms with Gasteiger partial charge in [0.05, 0.1) is 0 Å². The lowest BCUT2D eigenvalue weighted by Crippen LogP contribution is -2.42. The Kier molecular flexibility index (Phi) is 6.19. The Morgan fingerprint density at radius 2 is 1.72 bits per heavy atom. The quantitative estimate of drug-likeness (QED) is 0.730. The molecule has 4 heteroatoms. The van der Waals surface area contributed by atoms with Crippen molar-refractivity contribution in [3.63, 3.8) is 0 Å². The van der Waals surface area contributed by atoms with Gasteiger partial charge in [-0.05, 0) is 56.3 Å². The number of amides is 2. The van der Waals surface area contributed by atoms with E-state index in [4.69, 9.17) is 0 Å². The summed E-state index contributed by atoms with van der Waals surface area (Å²) in [5.74, 6) is 2.39. The van der Waals surface area contributed by atoms with Gasteiger partial charge < -0.3 is 9.80 Å². The van der Waals surface area contributed by atoms with Gasteiger partial charge in [-0.25, -0.2) is 0 Å². The molecule has 0 radical (unpaired) electrons. The van der Waals surface area contributed by atoms with Crippen molar-refractivity contribution < 1.29 is 9.59 Å². The van der Waals surface area contributed by atoms with Crippen LogP contribution in [-0.2, 0) is 9.59 Å². The molecule has 0 spiro atoms. The average molecular weight is 347 g/mol. The van der Waals surface area contributed by atoms with Crippen LogP contribution in [0.4, 0.5) is 0 Å². The zero-order valence-corrected chi connectivity index (χ0v) is 16.0. The van der Waals surface area contributed by atoms with Crippen LogP contribution < -0.4 is 0 Å². The minimum atomic E-state index is 0.234. The molecule has 3 atom stereocenters. The highest BCUT2D eigenvalue weighted by molar-refractivity contribution is 5.79. The second-order valence-electron chi connectivity index (χ2n) is 8.61. The number of nitrogens with zero attached hydrogens (tertiary/aromatic N) is 2. The van der Waals surface area contributed by atoms with Crippen molar-refractivity contribution in [1.82, 2.24) is 9.80 Å². The highest BCUT2D eigenvalue weighted by atomic mass is 16.2. The smallest absolute Gasteiger partial charge is 0.222 e. The first-order chi connectivity index (χ1) is 12.0. The van der Waals surface area contributed by atoms with Gasteiger partial charge in [0.1, 0.15) is 0 Å². The zero-order valence-electron chi connectivity index (χ0n) is 16.0. The first-order valence-electron chi connectivity index (χ1n) is 10.3. The van der Waals surface area contributed by atoms with Gasteiger partial charge >= 0.3 is 0 Å². The van der Waals surface area contributed by atoms with E-state index in [0.29, 0.717) is 31.1 Å². The Morgan fingerprint density at radius 1 is 1.04 bits per heavy atom. The molecule has 0 saturated carbocycles. The van der Waals surface area contributed by atoms with Crippen LogP contribution in [0.5, 0.6) is 0 Å². The summed E-state index contributed by atoms with van der Waals surface area (Å²) in [7, 11) is 0. The lowest BCUT2D eigenvalue weighted by molar-refractivity contribution is -0.134. The largest absolute Gasteiger partial charge is 0.342 e. The van der Waals surface area contributed by atoms with Gasteiger partial charge in [-0.3, -0.25) is 9.59 Å². The molecule has 3 rings (SSSR count). The SMILES string of the molecule is CC1CC(C)CN(C(=O)CCCC(=O)N2CCC3CCCC=C3C2)C1. The number of likely N-dealkylation sites (tertiary alicyclic amines) is 2. The molecule has 2 amide bonds. The molecule has 0 bridgehead atoms. The second-order valence-corrected chi connectivity index (χ2v) is 8.61. The molecule has 4 nitrogen and oxygen atoms in total. The van der Waals surface area contributed by atoms with Gasteiger partial charge in [0, 0.05) is 39.0 Å². The molecular formula is C21H34N2O2. The van der Waals surface area contributed by atoms with Crippen molar-refractivity contribution in [3.8, 4) is 0 Å². The van der Waals surface area contributed by atoms with E-state index in [1.54, 1.807) is 0 Å². The number of piperidine rings is 2. The Bertz CT molecular complexity index is 518. The standard InChI is InChI=1S/C21H34N2O2/c1-16-12-17(2)14-23(13-16)21(25)9-5-8-20(24)22-11-10-18-6-3-4-7-19(18)15-22/h7,16-18H,3-6,8-15H2,1-2H3. The fourth-order valence-electron chi connectivity index (χ4n) is 4.92. The predicted molar refractivity (Wildman–Crippen MR) is 100.0 cm³/mol. The van der Waals surface area contributed by atoms with E-state index in [1.807, 2.05) is 9.80 Å². The third-order valence-electron chi connectivity index (χ3n) is 6.16. The van der Waals surface area contributed by atoms with Crippen LogP contribution in [0.3, 0.4) is 0 Å². The molecule has 140 valence electrons. The monoisotopic (exact) mass is 346 g/mol. The van der Waals surface area contributed by atoms with Crippen LogP contribution >= 0.6 is 0 Å². The Hall–Kier alpha value is -1.32. The average Bonchev–Trinajstić information content (AvgIpc) is 2.60. The van der Waals surface area contributed by atoms with Crippen LogP contribution in [0.2, 0.25) is 0 Å². The van der Waals surface area contributed by atoms with Crippen molar-refractivity contribution in [2.24, 2.45) is 17.8 Å². The molecule has 25 heavy (non-hydrogen) atoms. The summed E-state index contributed by atoms with van der Waals surface area (Å²) in [6.45, 7) is 7.96. The highest BCUT2D eigenvalue weighted by Gasteiger charge is 2.28. The minimum Gasteiger partial charge on any atom is -0.342 e. The van der Waals surface area contributed by atoms with Crippen molar-refractivity contribution >= 4 is 11.8 Å². The lowest BCUT2D eigenvalue weighted by Gasteiger charge is -2.36. The number of fused-ring (bicyclic) bond motifs is 1. The fourth-order valence-corrected chi connectivity index (χ4v) is 4.92. The summed E-state index contributed by atoms with van der Waals surface area (Å²) >= 11 is 0. The zero-order chi connectivity index (χ0) is 17.8. The van der Waals surface area contributed by atoms with Crippen LogP contribution in [0, 0.1) is 17.8 Å². The number of carbonyl (C=O) groups excluding carboxylic acids is 2. The highest BCUT2D eigenvalue weighted by Crippen LogP contribution is 2.32. The molecule has 0 aromatic heterocycles. The fraction of sp³-hybridized carbons (Fsp3) is 0.810. The summed E-state index contributed by atoms with van der Waals surface area (Å²) in [4.78, 5) is 29.0. The van der Waals surface area contributed by atoms with E-state index in [1.165, 1.54) is 31.3 Å². The predicted octanol–water partition coefficient (Wildman–Crippen LogP) is 3.62. The van der Waals surface area contributed by atoms with E-state index in [0.717, 1.165) is 38.5 Å². The van der Waals surface area contributed by atoms with Gasteiger partial charge in [-0.15, -0.1) is 0 Å². The number of hydrogen-bond donors (Lipinski definition) is 0. The molecule has 0 N–H and O–H groups in total. The summed E-state index contributed by atoms with van der Waals surface area (Å²) in [5.41, 5.74) is 1.48. The normalized spacial score (nSPS) is 29.8. The number of hydrogen-bond acceptors (Lipinski definition) is 2. The maximum atomic E-state index is 12.5. The molecule has 2 heterocycles. The van der Waals surface area contributed by atoms with E-state index in [2.05, 4.69) is 19.9 Å². The molecular weight excluding hydrogens is 312 g/mol. The third-order valence-corrected chi connectivity index (χ3v) is 6.16. The molecule has 3 aliphatic rings.